The molecule has 1 heterocycles. The molecule has 0 aromatic heterocycles. The number of aliphatic hydroxyl groups is 1. The highest BCUT2D eigenvalue weighted by atomic mass is 16.6. The highest BCUT2D eigenvalue weighted by Gasteiger charge is 2.28. The molecule has 0 saturated heterocycles. The Morgan fingerprint density at radius 2 is 1.81 bits per heavy atom. The summed E-state index contributed by atoms with van der Waals surface area (Å²) in [5.41, 5.74) is 0. The average Bonchev–Trinajstić information content (AvgIpc) is 2.27. The number of fused-ring (bicyclic) bond motifs is 1. The molecule has 0 fully saturated rings. The number of hydrogen-bond acceptors (Lipinski definition) is 4. The lowest BCUT2D eigenvalue weighted by Crippen LogP contribution is -2.24. The zero-order valence-corrected chi connectivity index (χ0v) is 8.51. The first-order chi connectivity index (χ1) is 7.59. The van der Waals surface area contributed by atoms with Crippen LogP contribution >= 0.6 is 0 Å². The van der Waals surface area contributed by atoms with Crippen molar-refractivity contribution in [3.05, 3.63) is 35.8 Å². The normalized spacial score (nSPS) is 15.9. The summed E-state index contributed by atoms with van der Waals surface area (Å²) in [4.78, 5) is 10.9. The molecule has 1 atom stereocenters. The third-order valence-electron chi connectivity index (χ3n) is 2.08. The molecule has 0 radical (unpaired) electrons. The number of ether oxygens (including phenoxy) is 2. The van der Waals surface area contributed by atoms with Gasteiger partial charge in [-0.1, -0.05) is 12.1 Å². The van der Waals surface area contributed by atoms with Crippen LogP contribution in [0.1, 0.15) is 6.92 Å². The summed E-state index contributed by atoms with van der Waals surface area (Å²) in [5, 5.41) is 18.3. The first-order valence-electron chi connectivity index (χ1n) is 4.70. The standard InChI is InChI=1S/C11H10O5/c1-6(12)9-10(11(13)14)16-8-5-3-2-4-7(8)15-9/h2-6,12H,1H3,(H,13,14). The maximum atomic E-state index is 10.9. The maximum absolute atomic E-state index is 10.9. The lowest BCUT2D eigenvalue weighted by atomic mass is 10.2. The molecule has 2 N–H and O–H groups in total. The van der Waals surface area contributed by atoms with Gasteiger partial charge in [0.05, 0.1) is 0 Å². The summed E-state index contributed by atoms with van der Waals surface area (Å²) in [6.45, 7) is 1.41. The summed E-state index contributed by atoms with van der Waals surface area (Å²) in [5.74, 6) is -1.03. The number of hydrogen-bond donors (Lipinski definition) is 2. The summed E-state index contributed by atoms with van der Waals surface area (Å²) < 4.78 is 10.5. The highest BCUT2D eigenvalue weighted by molar-refractivity contribution is 5.86. The Labute approximate surface area is 91.5 Å². The van der Waals surface area contributed by atoms with Gasteiger partial charge in [0.1, 0.15) is 6.10 Å². The average molecular weight is 222 g/mol. The fraction of sp³-hybridized carbons (Fsp3) is 0.182. The van der Waals surface area contributed by atoms with E-state index < -0.39 is 12.1 Å². The SMILES string of the molecule is CC(O)C1=C(C(=O)O)Oc2ccccc2O1. The minimum Gasteiger partial charge on any atom is -0.475 e. The first-order valence-corrected chi connectivity index (χ1v) is 4.70. The van der Waals surface area contributed by atoms with Gasteiger partial charge < -0.3 is 19.7 Å². The fourth-order valence-electron chi connectivity index (χ4n) is 1.37. The van der Waals surface area contributed by atoms with Crippen molar-refractivity contribution in [3.8, 4) is 11.5 Å². The Morgan fingerprint density at radius 1 is 1.25 bits per heavy atom. The Hall–Kier alpha value is -2.01. The minimum atomic E-state index is -1.27. The van der Waals surface area contributed by atoms with Gasteiger partial charge in [-0.15, -0.1) is 0 Å². The van der Waals surface area contributed by atoms with Crippen LogP contribution in [0.5, 0.6) is 11.5 Å². The Balaban J connectivity index is 2.45. The van der Waals surface area contributed by atoms with Crippen molar-refractivity contribution >= 4 is 5.97 Å². The molecule has 1 unspecified atom stereocenters. The Kier molecular flexibility index (Phi) is 2.54. The van der Waals surface area contributed by atoms with E-state index in [9.17, 15) is 9.90 Å². The van der Waals surface area contributed by atoms with E-state index in [0.717, 1.165) is 0 Å². The Bertz CT molecular complexity index is 461. The van der Waals surface area contributed by atoms with E-state index in [1.807, 2.05) is 0 Å². The molecule has 1 aliphatic heterocycles. The quantitative estimate of drug-likeness (QED) is 0.784. The third kappa shape index (κ3) is 1.72. The summed E-state index contributed by atoms with van der Waals surface area (Å²) in [7, 11) is 0. The van der Waals surface area contributed by atoms with E-state index in [4.69, 9.17) is 14.6 Å². The molecule has 0 saturated carbocycles. The topological polar surface area (TPSA) is 76.0 Å². The molecule has 16 heavy (non-hydrogen) atoms. The minimum absolute atomic E-state index is 0.0915. The number of benzene rings is 1. The number of carboxylic acid groups (broad SMARTS) is 1. The monoisotopic (exact) mass is 222 g/mol. The number of carboxylic acids is 1. The molecule has 5 heteroatoms. The lowest BCUT2D eigenvalue weighted by molar-refractivity contribution is -0.135. The summed E-state index contributed by atoms with van der Waals surface area (Å²) in [6, 6.07) is 6.66. The van der Waals surface area contributed by atoms with Crippen LogP contribution in [0.4, 0.5) is 0 Å². The van der Waals surface area contributed by atoms with Crippen molar-refractivity contribution in [1.29, 1.82) is 0 Å². The predicted molar refractivity (Wildman–Crippen MR) is 54.0 cm³/mol. The third-order valence-corrected chi connectivity index (χ3v) is 2.08. The van der Waals surface area contributed by atoms with Crippen molar-refractivity contribution in [2.45, 2.75) is 13.0 Å². The van der Waals surface area contributed by atoms with Crippen molar-refractivity contribution in [2.75, 3.05) is 0 Å². The van der Waals surface area contributed by atoms with Gasteiger partial charge >= 0.3 is 5.97 Å². The Morgan fingerprint density at radius 3 is 2.31 bits per heavy atom. The fourth-order valence-corrected chi connectivity index (χ4v) is 1.37. The zero-order chi connectivity index (χ0) is 11.7. The van der Waals surface area contributed by atoms with Gasteiger partial charge in [-0.2, -0.15) is 0 Å². The predicted octanol–water partition coefficient (Wildman–Crippen LogP) is 1.13. The molecule has 2 rings (SSSR count). The van der Waals surface area contributed by atoms with E-state index in [1.165, 1.54) is 6.92 Å². The van der Waals surface area contributed by atoms with Crippen molar-refractivity contribution in [2.24, 2.45) is 0 Å². The zero-order valence-electron chi connectivity index (χ0n) is 8.51. The second-order valence-electron chi connectivity index (χ2n) is 3.33. The van der Waals surface area contributed by atoms with E-state index in [1.54, 1.807) is 24.3 Å². The van der Waals surface area contributed by atoms with Gasteiger partial charge in [-0.05, 0) is 19.1 Å². The van der Waals surface area contributed by atoms with Crippen molar-refractivity contribution < 1.29 is 24.5 Å². The smallest absolute Gasteiger partial charge is 0.375 e. The number of carbonyl (C=O) groups is 1. The summed E-state index contributed by atoms with van der Waals surface area (Å²) in [6.07, 6.45) is -1.04. The molecule has 5 nitrogen and oxygen atoms in total. The maximum Gasteiger partial charge on any atom is 0.375 e. The molecule has 1 aromatic rings. The van der Waals surface area contributed by atoms with Crippen LogP contribution in [0.25, 0.3) is 0 Å². The molecule has 84 valence electrons. The van der Waals surface area contributed by atoms with Crippen LogP contribution in [0.2, 0.25) is 0 Å². The van der Waals surface area contributed by atoms with Crippen LogP contribution < -0.4 is 9.47 Å². The van der Waals surface area contributed by atoms with Gasteiger partial charge in [0.2, 0.25) is 0 Å². The number of aliphatic carboxylic acids is 1. The largest absolute Gasteiger partial charge is 0.475 e. The van der Waals surface area contributed by atoms with E-state index in [0.29, 0.717) is 11.5 Å². The van der Waals surface area contributed by atoms with E-state index in [-0.39, 0.29) is 11.5 Å². The molecule has 0 bridgehead atoms. The number of para-hydroxylation sites is 2. The van der Waals surface area contributed by atoms with Crippen LogP contribution in [0.15, 0.2) is 35.8 Å². The number of aliphatic hydroxyl groups excluding tert-OH is 1. The van der Waals surface area contributed by atoms with Crippen LogP contribution in [0.3, 0.4) is 0 Å². The number of rotatable bonds is 2. The molecular weight excluding hydrogens is 212 g/mol. The second-order valence-corrected chi connectivity index (χ2v) is 3.33. The van der Waals surface area contributed by atoms with Crippen molar-refractivity contribution in [3.63, 3.8) is 0 Å². The lowest BCUT2D eigenvalue weighted by Gasteiger charge is -2.22. The van der Waals surface area contributed by atoms with Gasteiger partial charge in [0.25, 0.3) is 5.76 Å². The molecule has 1 aromatic carbocycles. The van der Waals surface area contributed by atoms with Gasteiger partial charge in [-0.25, -0.2) is 4.79 Å². The molecule has 0 spiro atoms. The van der Waals surface area contributed by atoms with Crippen molar-refractivity contribution in [1.82, 2.24) is 0 Å². The van der Waals surface area contributed by atoms with Crippen LogP contribution in [-0.4, -0.2) is 22.3 Å². The molecule has 0 amide bonds. The molecule has 0 aliphatic carbocycles. The van der Waals surface area contributed by atoms with Crippen LogP contribution in [-0.2, 0) is 4.79 Å². The van der Waals surface area contributed by atoms with Gasteiger partial charge in [-0.3, -0.25) is 0 Å². The second kappa shape index (κ2) is 3.86. The van der Waals surface area contributed by atoms with Crippen LogP contribution in [0, 0.1) is 0 Å². The van der Waals surface area contributed by atoms with Gasteiger partial charge in [0, 0.05) is 0 Å². The first kappa shape index (κ1) is 10.5. The molecular formula is C11H10O5. The summed E-state index contributed by atoms with van der Waals surface area (Å²) >= 11 is 0. The molecule has 1 aliphatic rings. The highest BCUT2D eigenvalue weighted by Crippen LogP contribution is 2.35. The van der Waals surface area contributed by atoms with E-state index in [2.05, 4.69) is 0 Å². The van der Waals surface area contributed by atoms with Gasteiger partial charge in [0.15, 0.2) is 17.3 Å². The van der Waals surface area contributed by atoms with E-state index >= 15 is 0 Å².